The van der Waals surface area contributed by atoms with Crippen molar-refractivity contribution in [2.45, 2.75) is 4.90 Å². The number of isocyanates is 1. The minimum absolute atomic E-state index is 0.0678. The van der Waals surface area contributed by atoms with Crippen LogP contribution in [-0.2, 0) is 14.8 Å². The number of halogens is 1. The van der Waals surface area contributed by atoms with Crippen molar-refractivity contribution in [1.29, 1.82) is 0 Å². The number of rotatable bonds is 6. The fourth-order valence-electron chi connectivity index (χ4n) is 2.05. The van der Waals surface area contributed by atoms with Gasteiger partial charge in [-0.2, -0.15) is 19.9 Å². The SMILES string of the molecule is O=C=Nc1cccc(S(=O)(=O)Nc2nc(Cl)nc(Nc3ccccc3)n2)c1. The zero-order valence-corrected chi connectivity index (χ0v) is 15.1. The monoisotopic (exact) mass is 402 g/mol. The molecule has 3 aromatic rings. The van der Waals surface area contributed by atoms with E-state index in [0.717, 1.165) is 0 Å². The molecule has 0 aliphatic carbocycles. The smallest absolute Gasteiger partial charge is 0.264 e. The number of benzene rings is 2. The van der Waals surface area contributed by atoms with Crippen LogP contribution < -0.4 is 10.0 Å². The van der Waals surface area contributed by atoms with Gasteiger partial charge >= 0.3 is 0 Å². The lowest BCUT2D eigenvalue weighted by Crippen LogP contribution is -2.16. The molecule has 2 N–H and O–H groups in total. The maximum Gasteiger partial charge on any atom is 0.264 e. The van der Waals surface area contributed by atoms with E-state index in [9.17, 15) is 13.2 Å². The highest BCUT2D eigenvalue weighted by atomic mass is 35.5. The highest BCUT2D eigenvalue weighted by Crippen LogP contribution is 2.21. The Hall–Kier alpha value is -3.33. The van der Waals surface area contributed by atoms with Gasteiger partial charge in [-0.1, -0.05) is 24.3 Å². The van der Waals surface area contributed by atoms with Crippen molar-refractivity contribution in [1.82, 2.24) is 15.0 Å². The van der Waals surface area contributed by atoms with Gasteiger partial charge in [-0.3, -0.25) is 0 Å². The van der Waals surface area contributed by atoms with E-state index < -0.39 is 10.0 Å². The first-order chi connectivity index (χ1) is 13.0. The van der Waals surface area contributed by atoms with Crippen LogP contribution in [0, 0.1) is 0 Å². The van der Waals surface area contributed by atoms with Gasteiger partial charge < -0.3 is 5.32 Å². The molecule has 2 aromatic carbocycles. The Morgan fingerprint density at radius 1 is 0.963 bits per heavy atom. The van der Waals surface area contributed by atoms with Crippen molar-refractivity contribution < 1.29 is 13.2 Å². The van der Waals surface area contributed by atoms with Gasteiger partial charge in [0, 0.05) is 5.69 Å². The summed E-state index contributed by atoms with van der Waals surface area (Å²) in [6.07, 6.45) is 1.35. The van der Waals surface area contributed by atoms with Crippen LogP contribution in [0.3, 0.4) is 0 Å². The fourth-order valence-corrected chi connectivity index (χ4v) is 3.20. The first kappa shape index (κ1) is 18.5. The van der Waals surface area contributed by atoms with Crippen LogP contribution in [0.2, 0.25) is 5.28 Å². The third kappa shape index (κ3) is 4.85. The molecular weight excluding hydrogens is 392 g/mol. The van der Waals surface area contributed by atoms with Crippen LogP contribution in [0.25, 0.3) is 0 Å². The fraction of sp³-hybridized carbons (Fsp3) is 0. The summed E-state index contributed by atoms with van der Waals surface area (Å²) in [4.78, 5) is 25.3. The van der Waals surface area contributed by atoms with Crippen LogP contribution in [0.4, 0.5) is 23.3 Å². The first-order valence-electron chi connectivity index (χ1n) is 7.41. The summed E-state index contributed by atoms with van der Waals surface area (Å²) < 4.78 is 27.3. The van der Waals surface area contributed by atoms with Crippen molar-refractivity contribution in [2.24, 2.45) is 4.99 Å². The first-order valence-corrected chi connectivity index (χ1v) is 9.27. The predicted octanol–water partition coefficient (Wildman–Crippen LogP) is 3.04. The molecule has 11 heteroatoms. The lowest BCUT2D eigenvalue weighted by atomic mass is 10.3. The molecule has 0 atom stereocenters. The summed E-state index contributed by atoms with van der Waals surface area (Å²) in [5.41, 5.74) is 0.834. The zero-order chi connectivity index (χ0) is 19.3. The second-order valence-electron chi connectivity index (χ2n) is 5.05. The predicted molar refractivity (Wildman–Crippen MR) is 99.6 cm³/mol. The Morgan fingerprint density at radius 2 is 1.70 bits per heavy atom. The Balaban J connectivity index is 1.88. The van der Waals surface area contributed by atoms with Gasteiger partial charge in [-0.05, 0) is 41.9 Å². The van der Waals surface area contributed by atoms with E-state index >= 15 is 0 Å². The minimum Gasteiger partial charge on any atom is -0.324 e. The van der Waals surface area contributed by atoms with E-state index in [1.165, 1.54) is 30.3 Å². The number of aromatic nitrogens is 3. The number of para-hydroxylation sites is 1. The van der Waals surface area contributed by atoms with E-state index in [1.807, 2.05) is 18.2 Å². The molecule has 0 aliphatic heterocycles. The highest BCUT2D eigenvalue weighted by molar-refractivity contribution is 7.92. The van der Waals surface area contributed by atoms with Crippen LogP contribution in [0.1, 0.15) is 0 Å². The number of sulfonamides is 1. The Morgan fingerprint density at radius 3 is 2.44 bits per heavy atom. The topological polar surface area (TPSA) is 126 Å². The number of hydrogen-bond donors (Lipinski definition) is 2. The Bertz CT molecular complexity index is 1120. The zero-order valence-electron chi connectivity index (χ0n) is 13.5. The quantitative estimate of drug-likeness (QED) is 0.479. The number of carbonyl (C=O) groups excluding carboxylic acids is 1. The Labute approximate surface area is 159 Å². The summed E-state index contributed by atoms with van der Waals surface area (Å²) in [5.74, 6) is -0.198. The van der Waals surface area contributed by atoms with Crippen molar-refractivity contribution in [3.05, 3.63) is 59.9 Å². The molecule has 0 saturated heterocycles. The van der Waals surface area contributed by atoms with E-state index in [1.54, 1.807) is 12.1 Å². The molecule has 0 fully saturated rings. The van der Waals surface area contributed by atoms with Gasteiger partial charge in [0.05, 0.1) is 10.6 Å². The van der Waals surface area contributed by atoms with Gasteiger partial charge in [0.25, 0.3) is 10.0 Å². The largest absolute Gasteiger partial charge is 0.324 e. The molecule has 27 heavy (non-hydrogen) atoms. The van der Waals surface area contributed by atoms with Crippen molar-refractivity contribution in [3.8, 4) is 0 Å². The molecule has 0 radical (unpaired) electrons. The molecule has 0 bridgehead atoms. The molecule has 136 valence electrons. The molecule has 0 aliphatic rings. The highest BCUT2D eigenvalue weighted by Gasteiger charge is 2.17. The van der Waals surface area contributed by atoms with Crippen LogP contribution >= 0.6 is 11.6 Å². The molecule has 0 spiro atoms. The molecule has 1 heterocycles. The molecule has 0 amide bonds. The maximum absolute atomic E-state index is 12.5. The van der Waals surface area contributed by atoms with Gasteiger partial charge in [-0.25, -0.2) is 17.9 Å². The molecule has 3 rings (SSSR count). The third-order valence-corrected chi connectivity index (χ3v) is 4.66. The Kier molecular flexibility index (Phi) is 5.41. The average Bonchev–Trinajstić information content (AvgIpc) is 2.62. The molecular formula is C16H11ClN6O3S. The second-order valence-corrected chi connectivity index (χ2v) is 7.07. The standard InChI is InChI=1S/C16H11ClN6O3S/c17-14-20-15(19-11-5-2-1-3-6-11)22-16(21-14)23-27(25,26)13-8-4-7-12(9-13)18-10-24/h1-9H,(H2,19,20,21,22,23). The third-order valence-electron chi connectivity index (χ3n) is 3.17. The number of nitrogens with zero attached hydrogens (tertiary/aromatic N) is 4. The summed E-state index contributed by atoms with van der Waals surface area (Å²) in [7, 11) is -4.04. The van der Waals surface area contributed by atoms with E-state index in [4.69, 9.17) is 11.6 Å². The lowest BCUT2D eigenvalue weighted by Gasteiger charge is -2.09. The van der Waals surface area contributed by atoms with E-state index in [2.05, 4.69) is 30.0 Å². The van der Waals surface area contributed by atoms with Crippen molar-refractivity contribution in [3.63, 3.8) is 0 Å². The van der Waals surface area contributed by atoms with Gasteiger partial charge in [0.1, 0.15) is 0 Å². The molecule has 0 saturated carbocycles. The van der Waals surface area contributed by atoms with Crippen molar-refractivity contribution >= 4 is 51.0 Å². The summed E-state index contributed by atoms with van der Waals surface area (Å²) in [5, 5.41) is 2.70. The summed E-state index contributed by atoms with van der Waals surface area (Å²) in [6.45, 7) is 0. The van der Waals surface area contributed by atoms with Crippen LogP contribution in [-0.4, -0.2) is 29.4 Å². The van der Waals surface area contributed by atoms with Gasteiger partial charge in [-0.15, -0.1) is 0 Å². The van der Waals surface area contributed by atoms with Crippen LogP contribution in [0.15, 0.2) is 64.5 Å². The molecule has 9 nitrogen and oxygen atoms in total. The summed E-state index contributed by atoms with van der Waals surface area (Å²) >= 11 is 5.86. The van der Waals surface area contributed by atoms with Crippen molar-refractivity contribution in [2.75, 3.05) is 10.0 Å². The molecule has 0 unspecified atom stereocenters. The maximum atomic E-state index is 12.5. The second kappa shape index (κ2) is 7.92. The van der Waals surface area contributed by atoms with E-state index in [0.29, 0.717) is 5.69 Å². The lowest BCUT2D eigenvalue weighted by molar-refractivity contribution is 0.565. The van der Waals surface area contributed by atoms with E-state index in [-0.39, 0.29) is 27.8 Å². The minimum atomic E-state index is -4.04. The normalized spacial score (nSPS) is 10.7. The molecule has 1 aromatic heterocycles. The average molecular weight is 403 g/mol. The summed E-state index contributed by atoms with van der Waals surface area (Å²) in [6, 6.07) is 14.5. The number of anilines is 3. The van der Waals surface area contributed by atoms with Gasteiger partial charge in [0.15, 0.2) is 0 Å². The number of aliphatic imine (C=N–C) groups is 1. The van der Waals surface area contributed by atoms with Gasteiger partial charge in [0.2, 0.25) is 23.3 Å². The van der Waals surface area contributed by atoms with Crippen LogP contribution in [0.5, 0.6) is 0 Å². The number of nitrogens with one attached hydrogen (secondary N) is 2. The number of hydrogen-bond acceptors (Lipinski definition) is 8.